The van der Waals surface area contributed by atoms with Crippen LogP contribution in [-0.2, 0) is 0 Å². The van der Waals surface area contributed by atoms with Crippen LogP contribution >= 0.6 is 12.6 Å². The molecule has 1 aromatic rings. The summed E-state index contributed by atoms with van der Waals surface area (Å²) in [7, 11) is 0. The summed E-state index contributed by atoms with van der Waals surface area (Å²) < 4.78 is 0. The van der Waals surface area contributed by atoms with Gasteiger partial charge in [-0.2, -0.15) is 12.6 Å². The van der Waals surface area contributed by atoms with Gasteiger partial charge < -0.3 is 0 Å². The summed E-state index contributed by atoms with van der Waals surface area (Å²) in [5, 5.41) is 0. The van der Waals surface area contributed by atoms with Gasteiger partial charge in [-0.05, 0) is 24.3 Å². The number of benzene rings is 1. The number of thiol groups is 1. The van der Waals surface area contributed by atoms with Crippen molar-refractivity contribution >= 4 is 24.2 Å². The molecule has 0 atom stereocenters. The number of unbranched alkanes of at least 4 members (excludes halogenated alkanes) is 3. The third-order valence-corrected chi connectivity index (χ3v) is 3.17. The maximum atomic E-state index is 11.2. The van der Waals surface area contributed by atoms with Crippen molar-refractivity contribution < 1.29 is 9.59 Å². The predicted molar refractivity (Wildman–Crippen MR) is 82.2 cm³/mol. The molecule has 0 aromatic heterocycles. The highest BCUT2D eigenvalue weighted by molar-refractivity contribution is 7.80. The van der Waals surface area contributed by atoms with Gasteiger partial charge in [0.1, 0.15) is 0 Å². The van der Waals surface area contributed by atoms with Crippen LogP contribution in [0.3, 0.4) is 0 Å². The zero-order chi connectivity index (χ0) is 14.1. The Bertz CT molecular complexity index is 423. The van der Waals surface area contributed by atoms with Gasteiger partial charge in [0.05, 0.1) is 0 Å². The fourth-order valence-electron chi connectivity index (χ4n) is 1.78. The fourth-order valence-corrected chi connectivity index (χ4v) is 2.01. The topological polar surface area (TPSA) is 34.1 Å². The number of hydrogen-bond acceptors (Lipinski definition) is 3. The van der Waals surface area contributed by atoms with Crippen molar-refractivity contribution in [3.63, 3.8) is 0 Å². The van der Waals surface area contributed by atoms with Crippen molar-refractivity contribution in [3.8, 4) is 0 Å². The number of ketones is 2. The van der Waals surface area contributed by atoms with Crippen LogP contribution in [0, 0.1) is 0 Å². The first kappa shape index (κ1) is 15.7. The van der Waals surface area contributed by atoms with Crippen molar-refractivity contribution in [1.29, 1.82) is 0 Å². The van der Waals surface area contributed by atoms with E-state index < -0.39 is 0 Å². The van der Waals surface area contributed by atoms with Crippen LogP contribution in [0.1, 0.15) is 53.3 Å². The molecule has 0 heterocycles. The minimum absolute atomic E-state index is 0.0924. The average Bonchev–Trinajstić information content (AvgIpc) is 2.45. The van der Waals surface area contributed by atoms with Crippen LogP contribution in [0.25, 0.3) is 0 Å². The van der Waals surface area contributed by atoms with E-state index in [4.69, 9.17) is 0 Å². The number of hydrogen-bond donors (Lipinski definition) is 1. The van der Waals surface area contributed by atoms with E-state index in [9.17, 15) is 9.59 Å². The minimum atomic E-state index is -0.0924. The molecule has 0 saturated carbocycles. The largest absolute Gasteiger partial charge is 0.289 e. The first-order chi connectivity index (χ1) is 9.20. The molecule has 19 heavy (non-hydrogen) atoms. The van der Waals surface area contributed by atoms with E-state index in [0.717, 1.165) is 5.75 Å². The second-order valence-electron chi connectivity index (χ2n) is 4.39. The smallest absolute Gasteiger partial charge is 0.186 e. The van der Waals surface area contributed by atoms with Crippen LogP contribution in [0.5, 0.6) is 0 Å². The third kappa shape index (κ3) is 5.03. The van der Waals surface area contributed by atoms with Crippen molar-refractivity contribution in [2.24, 2.45) is 0 Å². The SMILES string of the molecule is CCCCCCS.O=C1C=CC(=O)c2ccccc21. The Balaban J connectivity index is 0.000000224. The summed E-state index contributed by atoms with van der Waals surface area (Å²) in [6.45, 7) is 2.22. The highest BCUT2D eigenvalue weighted by Gasteiger charge is 2.16. The number of carbonyl (C=O) groups excluding carboxylic acids is 2. The zero-order valence-corrected chi connectivity index (χ0v) is 12.2. The monoisotopic (exact) mass is 276 g/mol. The Morgan fingerprint density at radius 1 is 0.895 bits per heavy atom. The number of fused-ring (bicyclic) bond motifs is 1. The number of carbonyl (C=O) groups is 2. The van der Waals surface area contributed by atoms with Crippen LogP contribution in [0.4, 0.5) is 0 Å². The van der Waals surface area contributed by atoms with Crippen LogP contribution in [0.15, 0.2) is 36.4 Å². The predicted octanol–water partition coefficient (Wildman–Crippen LogP) is 4.12. The highest BCUT2D eigenvalue weighted by Crippen LogP contribution is 2.15. The first-order valence-corrected chi connectivity index (χ1v) is 7.30. The van der Waals surface area contributed by atoms with E-state index in [1.807, 2.05) is 0 Å². The van der Waals surface area contributed by atoms with E-state index in [-0.39, 0.29) is 11.6 Å². The average molecular weight is 276 g/mol. The van der Waals surface area contributed by atoms with Gasteiger partial charge in [0.2, 0.25) is 0 Å². The molecule has 0 amide bonds. The molecule has 2 nitrogen and oxygen atoms in total. The quantitative estimate of drug-likeness (QED) is 0.663. The Morgan fingerprint density at radius 2 is 1.42 bits per heavy atom. The van der Waals surface area contributed by atoms with Crippen molar-refractivity contribution in [1.82, 2.24) is 0 Å². The Morgan fingerprint density at radius 3 is 1.84 bits per heavy atom. The molecule has 0 saturated heterocycles. The molecule has 0 N–H and O–H groups in total. The van der Waals surface area contributed by atoms with Gasteiger partial charge in [-0.25, -0.2) is 0 Å². The third-order valence-electron chi connectivity index (χ3n) is 2.86. The van der Waals surface area contributed by atoms with E-state index in [1.54, 1.807) is 24.3 Å². The van der Waals surface area contributed by atoms with Gasteiger partial charge in [0.15, 0.2) is 11.6 Å². The van der Waals surface area contributed by atoms with E-state index in [1.165, 1.54) is 37.8 Å². The number of rotatable bonds is 4. The molecule has 1 aliphatic rings. The molecule has 0 aliphatic heterocycles. The number of allylic oxidation sites excluding steroid dienone is 2. The molecule has 0 bridgehead atoms. The molecule has 102 valence electrons. The van der Waals surface area contributed by atoms with Gasteiger partial charge in [0.25, 0.3) is 0 Å². The molecule has 1 aliphatic carbocycles. The summed E-state index contributed by atoms with van der Waals surface area (Å²) >= 11 is 4.09. The Kier molecular flexibility index (Phi) is 7.19. The summed E-state index contributed by atoms with van der Waals surface area (Å²) in [4.78, 5) is 22.4. The van der Waals surface area contributed by atoms with Crippen molar-refractivity contribution in [3.05, 3.63) is 47.5 Å². The molecular formula is C16H20O2S. The Labute approximate surface area is 120 Å². The fraction of sp³-hybridized carbons (Fsp3) is 0.375. The van der Waals surface area contributed by atoms with Gasteiger partial charge in [-0.1, -0.05) is 50.5 Å². The summed E-state index contributed by atoms with van der Waals surface area (Å²) in [5.41, 5.74) is 1.01. The minimum Gasteiger partial charge on any atom is -0.289 e. The second-order valence-corrected chi connectivity index (χ2v) is 4.84. The standard InChI is InChI=1S/C10H6O2.C6H14S/c11-9-5-6-10(12)8-4-2-1-3-7(8)9;1-2-3-4-5-6-7/h1-6H;7H,2-6H2,1H3. The van der Waals surface area contributed by atoms with Gasteiger partial charge in [-0.15, -0.1) is 0 Å². The molecule has 0 spiro atoms. The van der Waals surface area contributed by atoms with Gasteiger partial charge in [0, 0.05) is 11.1 Å². The maximum Gasteiger partial charge on any atom is 0.186 e. The lowest BCUT2D eigenvalue weighted by Crippen LogP contribution is -2.10. The van der Waals surface area contributed by atoms with E-state index in [2.05, 4.69) is 19.6 Å². The van der Waals surface area contributed by atoms with Crippen molar-refractivity contribution in [2.45, 2.75) is 32.6 Å². The maximum absolute atomic E-state index is 11.2. The zero-order valence-electron chi connectivity index (χ0n) is 11.3. The molecule has 1 aromatic carbocycles. The van der Waals surface area contributed by atoms with E-state index in [0.29, 0.717) is 11.1 Å². The van der Waals surface area contributed by atoms with Crippen LogP contribution < -0.4 is 0 Å². The lowest BCUT2D eigenvalue weighted by Gasteiger charge is -2.06. The molecule has 0 radical (unpaired) electrons. The summed E-state index contributed by atoms with van der Waals surface area (Å²) in [6, 6.07) is 6.84. The lowest BCUT2D eigenvalue weighted by atomic mass is 9.95. The highest BCUT2D eigenvalue weighted by atomic mass is 32.1. The van der Waals surface area contributed by atoms with Gasteiger partial charge in [-0.3, -0.25) is 9.59 Å². The molecule has 2 rings (SSSR count). The summed E-state index contributed by atoms with van der Waals surface area (Å²) in [6.07, 6.45) is 7.97. The lowest BCUT2D eigenvalue weighted by molar-refractivity contribution is 0.0994. The Hall–Kier alpha value is -1.35. The molecule has 3 heteroatoms. The molecular weight excluding hydrogens is 256 g/mol. The first-order valence-electron chi connectivity index (χ1n) is 6.67. The van der Waals surface area contributed by atoms with E-state index >= 15 is 0 Å². The second kappa shape index (κ2) is 8.70. The van der Waals surface area contributed by atoms with Crippen LogP contribution in [-0.4, -0.2) is 17.3 Å². The molecule has 0 unspecified atom stereocenters. The van der Waals surface area contributed by atoms with Crippen molar-refractivity contribution in [2.75, 3.05) is 5.75 Å². The van der Waals surface area contributed by atoms with Gasteiger partial charge >= 0.3 is 0 Å². The van der Waals surface area contributed by atoms with Crippen LogP contribution in [0.2, 0.25) is 0 Å². The molecule has 0 fully saturated rings. The normalized spacial score (nSPS) is 12.7. The summed E-state index contributed by atoms with van der Waals surface area (Å²) in [5.74, 6) is 0.871.